The summed E-state index contributed by atoms with van der Waals surface area (Å²) in [7, 11) is 0. The van der Waals surface area contributed by atoms with Crippen molar-refractivity contribution in [1.82, 2.24) is 10.2 Å². The van der Waals surface area contributed by atoms with Crippen molar-refractivity contribution < 1.29 is 4.79 Å². The summed E-state index contributed by atoms with van der Waals surface area (Å²) in [5.41, 5.74) is 2.50. The van der Waals surface area contributed by atoms with Gasteiger partial charge in [0.2, 0.25) is 5.91 Å². The van der Waals surface area contributed by atoms with Crippen LogP contribution in [0.4, 0.5) is 0 Å². The largest absolute Gasteiger partial charge is 0.351 e. The number of halogens is 1. The Hall–Kier alpha value is -1.30. The molecule has 0 saturated carbocycles. The summed E-state index contributed by atoms with van der Waals surface area (Å²) in [5.74, 6) is 0.503. The van der Waals surface area contributed by atoms with Gasteiger partial charge in [-0.05, 0) is 61.3 Å². The minimum absolute atomic E-state index is 0.0639. The van der Waals surface area contributed by atoms with Crippen LogP contribution in [0.25, 0.3) is 0 Å². The molecule has 0 aliphatic carbocycles. The number of hydrogen-bond donors (Lipinski definition) is 1. The van der Waals surface area contributed by atoms with Gasteiger partial charge in [-0.15, -0.1) is 11.8 Å². The van der Waals surface area contributed by atoms with Crippen molar-refractivity contribution in [2.75, 3.05) is 18.8 Å². The molecule has 0 spiro atoms. The molecule has 5 heteroatoms. The number of hydrogen-bond acceptors (Lipinski definition) is 3. The van der Waals surface area contributed by atoms with E-state index in [0.717, 1.165) is 21.5 Å². The fraction of sp³-hybridized carbons (Fsp3) is 0.350. The summed E-state index contributed by atoms with van der Waals surface area (Å²) in [5, 5.41) is 2.99. The predicted molar refractivity (Wildman–Crippen MR) is 108 cm³/mol. The first-order valence-electron chi connectivity index (χ1n) is 8.64. The highest BCUT2D eigenvalue weighted by Gasteiger charge is 2.11. The normalized spacial score (nSPS) is 14.6. The maximum atomic E-state index is 12.0. The van der Waals surface area contributed by atoms with E-state index in [2.05, 4.69) is 50.4 Å². The fourth-order valence-electron chi connectivity index (χ4n) is 2.89. The lowest BCUT2D eigenvalue weighted by atomic mass is 10.1. The maximum absolute atomic E-state index is 12.0. The van der Waals surface area contributed by atoms with E-state index in [-0.39, 0.29) is 5.91 Å². The van der Waals surface area contributed by atoms with Gasteiger partial charge in [0.15, 0.2) is 0 Å². The lowest BCUT2D eigenvalue weighted by Gasteiger charge is -2.14. The van der Waals surface area contributed by atoms with Crippen molar-refractivity contribution in [2.45, 2.75) is 30.8 Å². The number of amides is 1. The standard InChI is InChI=1S/C20H23BrN2OS/c21-18-7-9-19(10-8-18)25-15-20(24)22-13-16-3-5-17(6-4-16)14-23-11-1-2-12-23/h3-10H,1-2,11-15H2,(H,22,24). The molecule has 1 fully saturated rings. The van der Waals surface area contributed by atoms with Gasteiger partial charge in [0.25, 0.3) is 0 Å². The van der Waals surface area contributed by atoms with E-state index in [0.29, 0.717) is 12.3 Å². The molecule has 0 radical (unpaired) electrons. The molecular weight excluding hydrogens is 396 g/mol. The molecule has 1 saturated heterocycles. The van der Waals surface area contributed by atoms with E-state index >= 15 is 0 Å². The highest BCUT2D eigenvalue weighted by Crippen LogP contribution is 2.20. The fourth-order valence-corrected chi connectivity index (χ4v) is 3.89. The van der Waals surface area contributed by atoms with Crippen LogP contribution in [-0.4, -0.2) is 29.6 Å². The third kappa shape index (κ3) is 6.17. The number of benzene rings is 2. The van der Waals surface area contributed by atoms with Crippen molar-refractivity contribution >= 4 is 33.6 Å². The van der Waals surface area contributed by atoms with Crippen LogP contribution in [-0.2, 0) is 17.9 Å². The van der Waals surface area contributed by atoms with Gasteiger partial charge in [-0.2, -0.15) is 0 Å². The Kier molecular flexibility index (Phi) is 6.96. The maximum Gasteiger partial charge on any atom is 0.230 e. The Morgan fingerprint density at radius 1 is 1.00 bits per heavy atom. The molecule has 1 N–H and O–H groups in total. The Balaban J connectivity index is 1.39. The van der Waals surface area contributed by atoms with E-state index in [1.807, 2.05) is 24.3 Å². The molecule has 3 nitrogen and oxygen atoms in total. The summed E-state index contributed by atoms with van der Waals surface area (Å²) in [4.78, 5) is 15.6. The molecule has 1 amide bonds. The molecule has 1 heterocycles. The smallest absolute Gasteiger partial charge is 0.230 e. The van der Waals surface area contributed by atoms with Crippen LogP contribution in [0, 0.1) is 0 Å². The van der Waals surface area contributed by atoms with Crippen LogP contribution in [0.15, 0.2) is 57.9 Å². The first-order chi connectivity index (χ1) is 12.2. The third-order valence-corrected chi connectivity index (χ3v) is 5.84. The van der Waals surface area contributed by atoms with Crippen LogP contribution in [0.5, 0.6) is 0 Å². The number of nitrogens with zero attached hydrogens (tertiary/aromatic N) is 1. The van der Waals surface area contributed by atoms with E-state index in [4.69, 9.17) is 0 Å². The van der Waals surface area contributed by atoms with Crippen molar-refractivity contribution in [3.8, 4) is 0 Å². The minimum atomic E-state index is 0.0639. The average molecular weight is 419 g/mol. The number of carbonyl (C=O) groups excluding carboxylic acids is 1. The summed E-state index contributed by atoms with van der Waals surface area (Å²) < 4.78 is 1.05. The van der Waals surface area contributed by atoms with Gasteiger partial charge >= 0.3 is 0 Å². The summed E-state index contributed by atoms with van der Waals surface area (Å²) in [6, 6.07) is 16.6. The van der Waals surface area contributed by atoms with Gasteiger partial charge in [0.1, 0.15) is 0 Å². The van der Waals surface area contributed by atoms with E-state index in [9.17, 15) is 4.79 Å². The molecule has 1 aliphatic heterocycles. The molecule has 0 unspecified atom stereocenters. The first kappa shape index (κ1) is 18.5. The molecule has 2 aromatic rings. The SMILES string of the molecule is O=C(CSc1ccc(Br)cc1)NCc1ccc(CN2CCCC2)cc1. The van der Waals surface area contributed by atoms with Gasteiger partial charge < -0.3 is 5.32 Å². The molecule has 1 aliphatic rings. The molecule has 0 aromatic heterocycles. The second-order valence-corrected chi connectivity index (χ2v) is 8.28. The van der Waals surface area contributed by atoms with Crippen molar-refractivity contribution in [3.63, 3.8) is 0 Å². The van der Waals surface area contributed by atoms with Crippen molar-refractivity contribution in [3.05, 3.63) is 64.1 Å². The Labute approximate surface area is 162 Å². The number of rotatable bonds is 7. The van der Waals surface area contributed by atoms with Gasteiger partial charge in [0, 0.05) is 22.5 Å². The van der Waals surface area contributed by atoms with Gasteiger partial charge in [0.05, 0.1) is 5.75 Å². The second-order valence-electron chi connectivity index (χ2n) is 6.32. The van der Waals surface area contributed by atoms with Crippen molar-refractivity contribution in [1.29, 1.82) is 0 Å². The topological polar surface area (TPSA) is 32.3 Å². The molecule has 25 heavy (non-hydrogen) atoms. The molecule has 0 bridgehead atoms. The summed E-state index contributed by atoms with van der Waals surface area (Å²) >= 11 is 4.97. The minimum Gasteiger partial charge on any atom is -0.351 e. The van der Waals surface area contributed by atoms with Crippen LogP contribution in [0.2, 0.25) is 0 Å². The van der Waals surface area contributed by atoms with E-state index in [1.165, 1.54) is 31.5 Å². The highest BCUT2D eigenvalue weighted by atomic mass is 79.9. The molecular formula is C20H23BrN2OS. The Bertz CT molecular complexity index is 682. The second kappa shape index (κ2) is 9.41. The van der Waals surface area contributed by atoms with E-state index < -0.39 is 0 Å². The van der Waals surface area contributed by atoms with Crippen LogP contribution < -0.4 is 5.32 Å². The van der Waals surface area contributed by atoms with Crippen LogP contribution in [0.1, 0.15) is 24.0 Å². The predicted octanol–water partition coefficient (Wildman–Crippen LogP) is 4.45. The molecule has 3 rings (SSSR count). The van der Waals surface area contributed by atoms with Crippen molar-refractivity contribution in [2.24, 2.45) is 0 Å². The van der Waals surface area contributed by atoms with Crippen LogP contribution in [0.3, 0.4) is 0 Å². The Morgan fingerprint density at radius 3 is 2.32 bits per heavy atom. The van der Waals surface area contributed by atoms with Gasteiger partial charge in [-0.25, -0.2) is 0 Å². The summed E-state index contributed by atoms with van der Waals surface area (Å²) in [6.07, 6.45) is 2.64. The third-order valence-electron chi connectivity index (χ3n) is 4.30. The number of nitrogens with one attached hydrogen (secondary N) is 1. The molecule has 132 valence electrons. The molecule has 2 aromatic carbocycles. The molecule has 0 atom stereocenters. The summed E-state index contributed by atoms with van der Waals surface area (Å²) in [6.45, 7) is 4.06. The number of thioether (sulfide) groups is 1. The average Bonchev–Trinajstić information content (AvgIpc) is 3.14. The highest BCUT2D eigenvalue weighted by molar-refractivity contribution is 9.10. The van der Waals surface area contributed by atoms with Crippen LogP contribution >= 0.6 is 27.7 Å². The zero-order valence-corrected chi connectivity index (χ0v) is 16.6. The number of likely N-dealkylation sites (tertiary alicyclic amines) is 1. The zero-order chi connectivity index (χ0) is 17.5. The monoisotopic (exact) mass is 418 g/mol. The van der Waals surface area contributed by atoms with E-state index in [1.54, 1.807) is 11.8 Å². The number of carbonyl (C=O) groups is 1. The van der Waals surface area contributed by atoms with Gasteiger partial charge in [-0.3, -0.25) is 9.69 Å². The lowest BCUT2D eigenvalue weighted by Crippen LogP contribution is -2.24. The Morgan fingerprint density at radius 2 is 1.64 bits per heavy atom. The zero-order valence-electron chi connectivity index (χ0n) is 14.2. The lowest BCUT2D eigenvalue weighted by molar-refractivity contribution is -0.118. The quantitative estimate of drug-likeness (QED) is 0.673. The van der Waals surface area contributed by atoms with Gasteiger partial charge in [-0.1, -0.05) is 40.2 Å². The first-order valence-corrected chi connectivity index (χ1v) is 10.4.